The molecule has 1 unspecified atom stereocenters. The molecule has 16 heavy (non-hydrogen) atoms. The van der Waals surface area contributed by atoms with Crippen molar-refractivity contribution in [3.8, 4) is 0 Å². The fourth-order valence-corrected chi connectivity index (χ4v) is 2.90. The van der Waals surface area contributed by atoms with Crippen LogP contribution < -0.4 is 4.72 Å². The zero-order valence-corrected chi connectivity index (χ0v) is 10.9. The van der Waals surface area contributed by atoms with Gasteiger partial charge >= 0.3 is 0 Å². The molecule has 0 aliphatic rings. The van der Waals surface area contributed by atoms with Gasteiger partial charge in [-0.3, -0.25) is 4.68 Å². The van der Waals surface area contributed by atoms with Crippen LogP contribution >= 0.6 is 11.6 Å². The van der Waals surface area contributed by atoms with Gasteiger partial charge in [-0.05, 0) is 18.4 Å². The number of hydrogen-bond donors (Lipinski definition) is 1. The van der Waals surface area contributed by atoms with E-state index in [-0.39, 0.29) is 10.9 Å². The minimum atomic E-state index is -3.45. The molecule has 1 atom stereocenters. The molecule has 0 aliphatic heterocycles. The van der Waals surface area contributed by atoms with Gasteiger partial charge < -0.3 is 0 Å². The van der Waals surface area contributed by atoms with E-state index < -0.39 is 10.0 Å². The Morgan fingerprint density at radius 1 is 1.62 bits per heavy atom. The maximum absolute atomic E-state index is 11.8. The van der Waals surface area contributed by atoms with E-state index in [0.29, 0.717) is 12.4 Å². The van der Waals surface area contributed by atoms with Crippen LogP contribution in [0.25, 0.3) is 0 Å². The van der Waals surface area contributed by atoms with Crippen molar-refractivity contribution in [2.75, 3.05) is 12.4 Å². The summed E-state index contributed by atoms with van der Waals surface area (Å²) in [5, 5.41) is 3.99. The maximum Gasteiger partial charge on any atom is 0.257 e. The lowest BCUT2D eigenvalue weighted by Gasteiger charge is -2.11. The lowest BCUT2D eigenvalue weighted by molar-refractivity contribution is 0.522. The molecule has 0 radical (unpaired) electrons. The van der Waals surface area contributed by atoms with Crippen LogP contribution in [0.15, 0.2) is 17.3 Å². The SMILES string of the molecule is CC(CCCl)CNS(=O)(=O)c1ccnn1C. The Kier molecular flexibility index (Phi) is 4.76. The smallest absolute Gasteiger partial charge is 0.256 e. The van der Waals surface area contributed by atoms with Crippen molar-refractivity contribution in [2.45, 2.75) is 18.4 Å². The molecule has 1 aromatic heterocycles. The molecule has 92 valence electrons. The summed E-state index contributed by atoms with van der Waals surface area (Å²) in [5.74, 6) is 0.759. The summed E-state index contributed by atoms with van der Waals surface area (Å²) in [6.07, 6.45) is 2.24. The van der Waals surface area contributed by atoms with E-state index in [2.05, 4.69) is 9.82 Å². The van der Waals surface area contributed by atoms with Gasteiger partial charge in [0.2, 0.25) is 0 Å². The molecule has 1 rings (SSSR count). The van der Waals surface area contributed by atoms with Gasteiger partial charge in [-0.1, -0.05) is 6.92 Å². The molecule has 1 N–H and O–H groups in total. The summed E-state index contributed by atoms with van der Waals surface area (Å²) < 4.78 is 27.5. The number of sulfonamides is 1. The topological polar surface area (TPSA) is 64.0 Å². The molecule has 0 aromatic carbocycles. The Hall–Kier alpha value is -0.590. The largest absolute Gasteiger partial charge is 0.257 e. The summed E-state index contributed by atoms with van der Waals surface area (Å²) in [7, 11) is -1.86. The van der Waals surface area contributed by atoms with Crippen molar-refractivity contribution in [1.82, 2.24) is 14.5 Å². The fraction of sp³-hybridized carbons (Fsp3) is 0.667. The molecular weight excluding hydrogens is 250 g/mol. The normalized spacial score (nSPS) is 13.9. The van der Waals surface area contributed by atoms with Gasteiger partial charge in [-0.15, -0.1) is 11.6 Å². The number of halogens is 1. The highest BCUT2D eigenvalue weighted by Gasteiger charge is 2.18. The Morgan fingerprint density at radius 3 is 2.81 bits per heavy atom. The number of rotatable bonds is 6. The average Bonchev–Trinajstić information content (AvgIpc) is 2.63. The van der Waals surface area contributed by atoms with E-state index in [1.165, 1.54) is 16.9 Å². The second-order valence-electron chi connectivity index (χ2n) is 3.73. The Labute approximate surface area is 101 Å². The summed E-state index contributed by atoms with van der Waals surface area (Å²) in [4.78, 5) is 0. The van der Waals surface area contributed by atoms with E-state index in [9.17, 15) is 8.42 Å². The number of nitrogens with one attached hydrogen (secondary N) is 1. The predicted molar refractivity (Wildman–Crippen MR) is 62.9 cm³/mol. The number of hydrogen-bond acceptors (Lipinski definition) is 3. The molecule has 5 nitrogen and oxygen atoms in total. The summed E-state index contributed by atoms with van der Waals surface area (Å²) in [5.41, 5.74) is 0. The molecule has 0 spiro atoms. The third kappa shape index (κ3) is 3.47. The average molecular weight is 266 g/mol. The van der Waals surface area contributed by atoms with Crippen LogP contribution in [0, 0.1) is 5.92 Å². The van der Waals surface area contributed by atoms with Crippen molar-refractivity contribution in [2.24, 2.45) is 13.0 Å². The highest BCUT2D eigenvalue weighted by atomic mass is 35.5. The third-order valence-electron chi connectivity index (χ3n) is 2.27. The zero-order chi connectivity index (χ0) is 12.2. The summed E-state index contributed by atoms with van der Waals surface area (Å²) >= 11 is 5.58. The Bertz CT molecular complexity index is 430. The van der Waals surface area contributed by atoms with Gasteiger partial charge in [-0.25, -0.2) is 13.1 Å². The zero-order valence-electron chi connectivity index (χ0n) is 9.35. The number of aryl methyl sites for hydroxylation is 1. The summed E-state index contributed by atoms with van der Waals surface area (Å²) in [6, 6.07) is 1.47. The first-order chi connectivity index (χ1) is 7.47. The fourth-order valence-electron chi connectivity index (χ4n) is 1.24. The molecule has 0 amide bonds. The molecule has 1 aromatic rings. The molecule has 7 heteroatoms. The van der Waals surface area contributed by atoms with Crippen LogP contribution in [-0.2, 0) is 17.1 Å². The first kappa shape index (κ1) is 13.5. The summed E-state index contributed by atoms with van der Waals surface area (Å²) in [6.45, 7) is 2.34. The Balaban J connectivity index is 2.63. The van der Waals surface area contributed by atoms with E-state index in [1.54, 1.807) is 7.05 Å². The quantitative estimate of drug-likeness (QED) is 0.780. The second-order valence-corrected chi connectivity index (χ2v) is 5.82. The van der Waals surface area contributed by atoms with Crippen LogP contribution in [0.1, 0.15) is 13.3 Å². The van der Waals surface area contributed by atoms with Gasteiger partial charge in [0.15, 0.2) is 5.03 Å². The standard InChI is InChI=1S/C9H16ClN3O2S/c1-8(3-5-10)7-12-16(14,15)9-4-6-11-13(9)2/h4,6,8,12H,3,5,7H2,1-2H3. The van der Waals surface area contributed by atoms with E-state index in [1.807, 2.05) is 6.92 Å². The minimum Gasteiger partial charge on any atom is -0.256 e. The molecule has 0 saturated heterocycles. The van der Waals surface area contributed by atoms with Gasteiger partial charge in [0.05, 0.1) is 6.20 Å². The number of alkyl halides is 1. The minimum absolute atomic E-state index is 0.172. The van der Waals surface area contributed by atoms with Gasteiger partial charge in [0, 0.05) is 19.5 Å². The van der Waals surface area contributed by atoms with Crippen molar-refractivity contribution in [1.29, 1.82) is 0 Å². The van der Waals surface area contributed by atoms with Gasteiger partial charge in [0.1, 0.15) is 0 Å². The van der Waals surface area contributed by atoms with Crippen molar-refractivity contribution in [3.05, 3.63) is 12.3 Å². The van der Waals surface area contributed by atoms with E-state index >= 15 is 0 Å². The lowest BCUT2D eigenvalue weighted by Crippen LogP contribution is -2.30. The lowest BCUT2D eigenvalue weighted by atomic mass is 10.1. The van der Waals surface area contributed by atoms with Crippen molar-refractivity contribution in [3.63, 3.8) is 0 Å². The Morgan fingerprint density at radius 2 is 2.31 bits per heavy atom. The van der Waals surface area contributed by atoms with Crippen LogP contribution in [0.3, 0.4) is 0 Å². The van der Waals surface area contributed by atoms with Crippen LogP contribution in [0.2, 0.25) is 0 Å². The predicted octanol–water partition coefficient (Wildman–Crippen LogP) is 0.963. The molecule has 0 saturated carbocycles. The van der Waals surface area contributed by atoms with Crippen LogP contribution in [0.5, 0.6) is 0 Å². The van der Waals surface area contributed by atoms with Crippen LogP contribution in [0.4, 0.5) is 0 Å². The number of aromatic nitrogens is 2. The molecule has 0 fully saturated rings. The van der Waals surface area contributed by atoms with Crippen molar-refractivity contribution < 1.29 is 8.42 Å². The van der Waals surface area contributed by atoms with Gasteiger partial charge in [-0.2, -0.15) is 5.10 Å². The highest BCUT2D eigenvalue weighted by molar-refractivity contribution is 7.89. The van der Waals surface area contributed by atoms with Crippen LogP contribution in [-0.4, -0.2) is 30.6 Å². The maximum atomic E-state index is 11.8. The first-order valence-electron chi connectivity index (χ1n) is 5.01. The van der Waals surface area contributed by atoms with E-state index in [0.717, 1.165) is 6.42 Å². The molecule has 1 heterocycles. The highest BCUT2D eigenvalue weighted by Crippen LogP contribution is 2.08. The molecule has 0 bridgehead atoms. The second kappa shape index (κ2) is 5.65. The molecule has 0 aliphatic carbocycles. The van der Waals surface area contributed by atoms with Gasteiger partial charge in [0.25, 0.3) is 10.0 Å². The monoisotopic (exact) mass is 265 g/mol. The third-order valence-corrected chi connectivity index (χ3v) is 3.99. The van der Waals surface area contributed by atoms with Crippen molar-refractivity contribution >= 4 is 21.6 Å². The first-order valence-corrected chi connectivity index (χ1v) is 7.02. The molecular formula is C9H16ClN3O2S. The van der Waals surface area contributed by atoms with E-state index in [4.69, 9.17) is 11.6 Å². The number of nitrogens with zero attached hydrogens (tertiary/aromatic N) is 2.